The Morgan fingerprint density at radius 1 is 0.963 bits per heavy atom. The van der Waals surface area contributed by atoms with Crippen molar-refractivity contribution in [1.29, 1.82) is 0 Å². The molecule has 0 aliphatic carbocycles. The summed E-state index contributed by atoms with van der Waals surface area (Å²) in [6, 6.07) is 15.4. The molecule has 2 N–H and O–H groups in total. The van der Waals surface area contributed by atoms with Crippen LogP contribution in [0.2, 0.25) is 0 Å². The molecule has 2 aromatic rings. The first-order valence-corrected chi connectivity index (χ1v) is 8.50. The summed E-state index contributed by atoms with van der Waals surface area (Å²) in [6.45, 7) is 1.48. The third-order valence-electron chi connectivity index (χ3n) is 3.59. The van der Waals surface area contributed by atoms with Crippen LogP contribution in [0.4, 0.5) is 4.79 Å². The lowest BCUT2D eigenvalue weighted by Crippen LogP contribution is -2.45. The summed E-state index contributed by atoms with van der Waals surface area (Å²) < 4.78 is 0. The number of carboxylic acids is 1. The second kappa shape index (κ2) is 9.78. The molecule has 138 valence electrons. The quantitative estimate of drug-likeness (QED) is 0.799. The zero-order valence-electron chi connectivity index (χ0n) is 14.9. The standard InChI is InChI=1S/C21H20N2O4/c1-2-14-23(21(27)22-15-19(24)25)20(26)18-12-10-17(11-13-18)9-8-16-6-4-3-5-7-16/h3-7,10-13H,2,14-15H2,1H3,(H,22,27)(H,24,25). The Labute approximate surface area is 157 Å². The maximum Gasteiger partial charge on any atom is 0.324 e. The van der Waals surface area contributed by atoms with Crippen LogP contribution in [0, 0.1) is 11.8 Å². The largest absolute Gasteiger partial charge is 0.480 e. The minimum absolute atomic E-state index is 0.194. The number of carbonyl (C=O) groups is 3. The van der Waals surface area contributed by atoms with Gasteiger partial charge < -0.3 is 10.4 Å². The summed E-state index contributed by atoms with van der Waals surface area (Å²) in [5, 5.41) is 10.9. The second-order valence-corrected chi connectivity index (χ2v) is 5.70. The van der Waals surface area contributed by atoms with Crippen molar-refractivity contribution in [2.45, 2.75) is 13.3 Å². The minimum atomic E-state index is -1.17. The normalized spacial score (nSPS) is 9.67. The monoisotopic (exact) mass is 364 g/mol. The van der Waals surface area contributed by atoms with E-state index in [2.05, 4.69) is 17.2 Å². The fourth-order valence-electron chi connectivity index (χ4n) is 2.28. The molecule has 0 unspecified atom stereocenters. The number of urea groups is 1. The molecule has 2 aromatic carbocycles. The Morgan fingerprint density at radius 2 is 1.56 bits per heavy atom. The van der Waals surface area contributed by atoms with Crippen LogP contribution in [0.15, 0.2) is 54.6 Å². The van der Waals surface area contributed by atoms with Gasteiger partial charge in [0.05, 0.1) is 0 Å². The van der Waals surface area contributed by atoms with Gasteiger partial charge in [0.25, 0.3) is 5.91 Å². The number of aliphatic carboxylic acids is 1. The number of nitrogens with zero attached hydrogens (tertiary/aromatic N) is 1. The predicted octanol–water partition coefficient (Wildman–Crippen LogP) is 2.73. The van der Waals surface area contributed by atoms with Crippen LogP contribution >= 0.6 is 0 Å². The summed E-state index contributed by atoms with van der Waals surface area (Å²) in [4.78, 5) is 36.3. The van der Waals surface area contributed by atoms with Crippen LogP contribution < -0.4 is 5.32 Å². The van der Waals surface area contributed by atoms with Gasteiger partial charge in [0, 0.05) is 23.2 Å². The van der Waals surface area contributed by atoms with E-state index in [4.69, 9.17) is 5.11 Å². The number of carboxylic acid groups (broad SMARTS) is 1. The smallest absolute Gasteiger partial charge is 0.324 e. The van der Waals surface area contributed by atoms with E-state index < -0.39 is 24.5 Å². The van der Waals surface area contributed by atoms with E-state index >= 15 is 0 Å². The van der Waals surface area contributed by atoms with Crippen LogP contribution in [0.3, 0.4) is 0 Å². The van der Waals surface area contributed by atoms with Gasteiger partial charge in [-0.1, -0.05) is 37.0 Å². The van der Waals surface area contributed by atoms with Gasteiger partial charge >= 0.3 is 12.0 Å². The lowest BCUT2D eigenvalue weighted by Gasteiger charge is -2.20. The first-order valence-electron chi connectivity index (χ1n) is 8.50. The lowest BCUT2D eigenvalue weighted by atomic mass is 10.1. The SMILES string of the molecule is CCCN(C(=O)NCC(=O)O)C(=O)c1ccc(C#Cc2ccccc2)cc1. The van der Waals surface area contributed by atoms with Crippen LogP contribution in [-0.4, -0.2) is 41.0 Å². The molecule has 0 aliphatic rings. The van der Waals surface area contributed by atoms with E-state index in [1.807, 2.05) is 37.3 Å². The van der Waals surface area contributed by atoms with Gasteiger partial charge in [-0.25, -0.2) is 4.79 Å². The Morgan fingerprint density at radius 3 is 2.11 bits per heavy atom. The van der Waals surface area contributed by atoms with E-state index in [0.29, 0.717) is 12.0 Å². The van der Waals surface area contributed by atoms with Crippen LogP contribution in [0.5, 0.6) is 0 Å². The van der Waals surface area contributed by atoms with Gasteiger partial charge in [-0.3, -0.25) is 14.5 Å². The average molecular weight is 364 g/mol. The Kier molecular flexibility index (Phi) is 7.15. The van der Waals surface area contributed by atoms with E-state index in [1.165, 1.54) is 0 Å². The molecule has 0 saturated heterocycles. The van der Waals surface area contributed by atoms with Crippen LogP contribution in [-0.2, 0) is 4.79 Å². The average Bonchev–Trinajstić information content (AvgIpc) is 2.69. The molecule has 0 saturated carbocycles. The summed E-state index contributed by atoms with van der Waals surface area (Å²) in [6.07, 6.45) is 0.562. The number of benzene rings is 2. The van der Waals surface area contributed by atoms with Crippen molar-refractivity contribution in [1.82, 2.24) is 10.2 Å². The number of amides is 3. The highest BCUT2D eigenvalue weighted by atomic mass is 16.4. The molecule has 0 radical (unpaired) electrons. The van der Waals surface area contributed by atoms with Crippen molar-refractivity contribution in [3.8, 4) is 11.8 Å². The molecule has 3 amide bonds. The summed E-state index contributed by atoms with van der Waals surface area (Å²) in [5.41, 5.74) is 1.97. The topological polar surface area (TPSA) is 86.7 Å². The zero-order chi connectivity index (χ0) is 19.6. The van der Waals surface area contributed by atoms with Crippen LogP contribution in [0.1, 0.15) is 34.8 Å². The number of nitrogens with one attached hydrogen (secondary N) is 1. The highest BCUT2D eigenvalue weighted by Crippen LogP contribution is 2.09. The molecular formula is C21H20N2O4. The molecule has 6 heteroatoms. The van der Waals surface area contributed by atoms with E-state index in [9.17, 15) is 14.4 Å². The molecule has 0 heterocycles. The maximum absolute atomic E-state index is 12.6. The highest BCUT2D eigenvalue weighted by molar-refractivity contribution is 6.04. The Balaban J connectivity index is 2.11. The summed E-state index contributed by atoms with van der Waals surface area (Å²) >= 11 is 0. The highest BCUT2D eigenvalue weighted by Gasteiger charge is 2.22. The summed E-state index contributed by atoms with van der Waals surface area (Å²) in [7, 11) is 0. The van der Waals surface area contributed by atoms with E-state index in [0.717, 1.165) is 16.0 Å². The molecule has 2 rings (SSSR count). The summed E-state index contributed by atoms with van der Waals surface area (Å²) in [5.74, 6) is 4.39. The van der Waals surface area contributed by atoms with Gasteiger partial charge in [-0.2, -0.15) is 0 Å². The van der Waals surface area contributed by atoms with Crippen molar-refractivity contribution in [2.75, 3.05) is 13.1 Å². The third kappa shape index (κ3) is 6.01. The molecule has 27 heavy (non-hydrogen) atoms. The van der Waals surface area contributed by atoms with Crippen molar-refractivity contribution >= 4 is 17.9 Å². The molecule has 0 atom stereocenters. The molecular weight excluding hydrogens is 344 g/mol. The van der Waals surface area contributed by atoms with Gasteiger partial charge in [0.1, 0.15) is 6.54 Å². The molecule has 0 aromatic heterocycles. The first-order chi connectivity index (χ1) is 13.0. The predicted molar refractivity (Wildman–Crippen MR) is 101 cm³/mol. The van der Waals surface area contributed by atoms with Crippen molar-refractivity contribution in [3.05, 3.63) is 71.3 Å². The molecule has 6 nitrogen and oxygen atoms in total. The Hall–Kier alpha value is -3.59. The van der Waals surface area contributed by atoms with Gasteiger partial charge in [-0.05, 0) is 42.8 Å². The van der Waals surface area contributed by atoms with Gasteiger partial charge in [0.15, 0.2) is 0 Å². The first kappa shape index (κ1) is 19.7. The van der Waals surface area contributed by atoms with E-state index in [1.54, 1.807) is 24.3 Å². The second-order valence-electron chi connectivity index (χ2n) is 5.70. The number of rotatable bonds is 5. The lowest BCUT2D eigenvalue weighted by molar-refractivity contribution is -0.135. The van der Waals surface area contributed by atoms with Crippen molar-refractivity contribution < 1.29 is 19.5 Å². The molecule has 0 bridgehead atoms. The van der Waals surface area contributed by atoms with Crippen molar-refractivity contribution in [2.24, 2.45) is 0 Å². The fraction of sp³-hybridized carbons (Fsp3) is 0.190. The molecule has 0 aliphatic heterocycles. The Bertz CT molecular complexity index is 865. The maximum atomic E-state index is 12.6. The zero-order valence-corrected chi connectivity index (χ0v) is 14.9. The number of carbonyl (C=O) groups excluding carboxylic acids is 2. The van der Waals surface area contributed by atoms with Gasteiger partial charge in [0.2, 0.25) is 0 Å². The molecule has 0 fully saturated rings. The van der Waals surface area contributed by atoms with Crippen LogP contribution in [0.25, 0.3) is 0 Å². The number of hydrogen-bond acceptors (Lipinski definition) is 3. The third-order valence-corrected chi connectivity index (χ3v) is 3.59. The minimum Gasteiger partial charge on any atom is -0.480 e. The number of imide groups is 1. The molecule has 0 spiro atoms. The number of hydrogen-bond donors (Lipinski definition) is 2. The van der Waals surface area contributed by atoms with E-state index in [-0.39, 0.29) is 6.54 Å². The van der Waals surface area contributed by atoms with Gasteiger partial charge in [-0.15, -0.1) is 0 Å². The van der Waals surface area contributed by atoms with Crippen molar-refractivity contribution in [3.63, 3.8) is 0 Å². The fourth-order valence-corrected chi connectivity index (χ4v) is 2.28.